The summed E-state index contributed by atoms with van der Waals surface area (Å²) in [7, 11) is 1.52. The van der Waals surface area contributed by atoms with Gasteiger partial charge < -0.3 is 15.4 Å². The summed E-state index contributed by atoms with van der Waals surface area (Å²) in [5, 5.41) is 9.08. The van der Waals surface area contributed by atoms with Crippen molar-refractivity contribution in [3.63, 3.8) is 0 Å². The van der Waals surface area contributed by atoms with Gasteiger partial charge in [-0.05, 0) is 42.5 Å². The van der Waals surface area contributed by atoms with Gasteiger partial charge in [-0.2, -0.15) is 5.10 Å². The minimum absolute atomic E-state index is 0.267. The lowest BCUT2D eigenvalue weighted by molar-refractivity contribution is -0.119. The lowest BCUT2D eigenvalue weighted by Crippen LogP contribution is -2.22. The third-order valence-electron chi connectivity index (χ3n) is 3.76. The molecule has 0 aliphatic heterocycles. The van der Waals surface area contributed by atoms with Crippen molar-refractivity contribution in [3.8, 4) is 5.69 Å². The molecule has 0 saturated carbocycles. The zero-order chi connectivity index (χ0) is 19.9. The smallest absolute Gasteiger partial charge is 0.338 e. The Morgan fingerprint density at radius 3 is 2.54 bits per heavy atom. The number of anilines is 1. The SMILES string of the molecule is CNC(=O)c1cccc(NC(=O)COC(=O)c2ccc(-n3cncn3)cc2)c1. The Morgan fingerprint density at radius 1 is 1.07 bits per heavy atom. The number of amides is 2. The van der Waals surface area contributed by atoms with E-state index in [4.69, 9.17) is 4.74 Å². The molecule has 0 bridgehead atoms. The van der Waals surface area contributed by atoms with Crippen molar-refractivity contribution in [2.24, 2.45) is 0 Å². The van der Waals surface area contributed by atoms with Crippen molar-refractivity contribution in [3.05, 3.63) is 72.3 Å². The van der Waals surface area contributed by atoms with Gasteiger partial charge in [-0.1, -0.05) is 6.07 Å². The Morgan fingerprint density at radius 2 is 1.86 bits per heavy atom. The molecule has 1 aromatic heterocycles. The van der Waals surface area contributed by atoms with Crippen LogP contribution in [0.25, 0.3) is 5.69 Å². The summed E-state index contributed by atoms with van der Waals surface area (Å²) >= 11 is 0. The Kier molecular flexibility index (Phi) is 5.75. The van der Waals surface area contributed by atoms with Crippen LogP contribution >= 0.6 is 0 Å². The Balaban J connectivity index is 1.54. The minimum atomic E-state index is -0.626. The van der Waals surface area contributed by atoms with E-state index in [1.807, 2.05) is 0 Å². The number of rotatable bonds is 6. The first-order chi connectivity index (χ1) is 13.6. The molecule has 0 unspecified atom stereocenters. The normalized spacial score (nSPS) is 10.2. The molecule has 9 nitrogen and oxygen atoms in total. The van der Waals surface area contributed by atoms with Gasteiger partial charge in [0.25, 0.3) is 11.8 Å². The minimum Gasteiger partial charge on any atom is -0.452 e. The van der Waals surface area contributed by atoms with Crippen LogP contribution in [0, 0.1) is 0 Å². The Hall–Kier alpha value is -4.01. The number of hydrogen-bond donors (Lipinski definition) is 2. The van der Waals surface area contributed by atoms with Crippen LogP contribution in [-0.2, 0) is 9.53 Å². The van der Waals surface area contributed by atoms with E-state index in [9.17, 15) is 14.4 Å². The fourth-order valence-corrected chi connectivity index (χ4v) is 2.39. The third-order valence-corrected chi connectivity index (χ3v) is 3.76. The predicted molar refractivity (Wildman–Crippen MR) is 100 cm³/mol. The highest BCUT2D eigenvalue weighted by molar-refractivity contribution is 5.98. The van der Waals surface area contributed by atoms with Crippen molar-refractivity contribution in [2.45, 2.75) is 0 Å². The second-order valence-electron chi connectivity index (χ2n) is 5.67. The van der Waals surface area contributed by atoms with E-state index in [0.29, 0.717) is 16.8 Å². The van der Waals surface area contributed by atoms with Gasteiger partial charge in [-0.15, -0.1) is 0 Å². The standard InChI is InChI=1S/C19H17N5O4/c1-20-18(26)14-3-2-4-15(9-14)23-17(25)10-28-19(27)13-5-7-16(8-6-13)24-12-21-11-22-24/h2-9,11-12H,10H2,1H3,(H,20,26)(H,23,25). The molecule has 2 amide bonds. The number of hydrogen-bond acceptors (Lipinski definition) is 6. The summed E-state index contributed by atoms with van der Waals surface area (Å²) < 4.78 is 6.58. The van der Waals surface area contributed by atoms with Gasteiger partial charge in [0, 0.05) is 18.3 Å². The number of aromatic nitrogens is 3. The van der Waals surface area contributed by atoms with Crippen molar-refractivity contribution < 1.29 is 19.1 Å². The maximum absolute atomic E-state index is 12.1. The zero-order valence-electron chi connectivity index (χ0n) is 15.0. The number of benzene rings is 2. The molecule has 28 heavy (non-hydrogen) atoms. The molecule has 3 aromatic rings. The van der Waals surface area contributed by atoms with E-state index >= 15 is 0 Å². The largest absolute Gasteiger partial charge is 0.452 e. The first-order valence-corrected chi connectivity index (χ1v) is 8.31. The number of nitrogens with one attached hydrogen (secondary N) is 2. The molecule has 0 atom stereocenters. The van der Waals surface area contributed by atoms with Crippen LogP contribution in [0.1, 0.15) is 20.7 Å². The molecule has 0 spiro atoms. The maximum atomic E-state index is 12.1. The summed E-state index contributed by atoms with van der Waals surface area (Å²) in [4.78, 5) is 39.6. The molecular weight excluding hydrogens is 362 g/mol. The van der Waals surface area contributed by atoms with Crippen molar-refractivity contribution in [1.29, 1.82) is 0 Å². The van der Waals surface area contributed by atoms with E-state index in [1.165, 1.54) is 25.8 Å². The molecule has 1 heterocycles. The van der Waals surface area contributed by atoms with Crippen LogP contribution in [0.15, 0.2) is 61.2 Å². The van der Waals surface area contributed by atoms with Crippen molar-refractivity contribution >= 4 is 23.5 Å². The summed E-state index contributed by atoms with van der Waals surface area (Å²) in [6.45, 7) is -0.451. The number of carbonyl (C=O) groups is 3. The molecule has 9 heteroatoms. The average Bonchev–Trinajstić information content (AvgIpc) is 3.26. The number of ether oxygens (including phenoxy) is 1. The summed E-state index contributed by atoms with van der Waals surface area (Å²) in [5.74, 6) is -1.40. The summed E-state index contributed by atoms with van der Waals surface area (Å²) in [6, 6.07) is 13.0. The van der Waals surface area contributed by atoms with Gasteiger partial charge in [0.1, 0.15) is 12.7 Å². The fourth-order valence-electron chi connectivity index (χ4n) is 2.39. The monoisotopic (exact) mass is 379 g/mol. The second-order valence-corrected chi connectivity index (χ2v) is 5.67. The van der Waals surface area contributed by atoms with Crippen LogP contribution in [0.5, 0.6) is 0 Å². The Bertz CT molecular complexity index is 984. The van der Waals surface area contributed by atoms with Gasteiger partial charge >= 0.3 is 5.97 Å². The molecule has 0 radical (unpaired) electrons. The van der Waals surface area contributed by atoms with Crippen LogP contribution in [0.2, 0.25) is 0 Å². The van der Waals surface area contributed by atoms with E-state index in [2.05, 4.69) is 20.7 Å². The quantitative estimate of drug-likeness (QED) is 0.626. The van der Waals surface area contributed by atoms with Crippen molar-refractivity contribution in [2.75, 3.05) is 19.0 Å². The highest BCUT2D eigenvalue weighted by Crippen LogP contribution is 2.11. The second kappa shape index (κ2) is 8.58. The molecule has 0 aliphatic rings. The molecule has 142 valence electrons. The van der Waals surface area contributed by atoms with E-state index in [1.54, 1.807) is 47.1 Å². The van der Waals surface area contributed by atoms with Crippen molar-refractivity contribution in [1.82, 2.24) is 20.1 Å². The number of nitrogens with zero attached hydrogens (tertiary/aromatic N) is 3. The summed E-state index contributed by atoms with van der Waals surface area (Å²) in [6.07, 6.45) is 2.95. The van der Waals surface area contributed by atoms with Crippen LogP contribution in [-0.4, -0.2) is 46.2 Å². The van der Waals surface area contributed by atoms with Gasteiger partial charge in [0.2, 0.25) is 0 Å². The molecule has 0 saturated heterocycles. The van der Waals surface area contributed by atoms with Gasteiger partial charge in [0.05, 0.1) is 11.3 Å². The first-order valence-electron chi connectivity index (χ1n) is 8.31. The summed E-state index contributed by atoms with van der Waals surface area (Å²) in [5.41, 5.74) is 1.88. The molecule has 2 N–H and O–H groups in total. The highest BCUT2D eigenvalue weighted by Gasteiger charge is 2.12. The molecule has 0 aliphatic carbocycles. The van der Waals surface area contributed by atoms with Crippen LogP contribution < -0.4 is 10.6 Å². The number of carbonyl (C=O) groups excluding carboxylic acids is 3. The van der Waals surface area contributed by atoms with E-state index < -0.39 is 18.5 Å². The fraction of sp³-hybridized carbons (Fsp3) is 0.105. The average molecular weight is 379 g/mol. The molecule has 2 aromatic carbocycles. The van der Waals surface area contributed by atoms with E-state index in [0.717, 1.165) is 5.69 Å². The zero-order valence-corrected chi connectivity index (χ0v) is 15.0. The van der Waals surface area contributed by atoms with E-state index in [-0.39, 0.29) is 5.91 Å². The topological polar surface area (TPSA) is 115 Å². The molecular formula is C19H17N5O4. The van der Waals surface area contributed by atoms with Gasteiger partial charge in [-0.25, -0.2) is 14.5 Å². The first kappa shape index (κ1) is 18.8. The molecule has 3 rings (SSSR count). The lowest BCUT2D eigenvalue weighted by atomic mass is 10.2. The Labute approximate surface area is 160 Å². The lowest BCUT2D eigenvalue weighted by Gasteiger charge is -2.08. The van der Waals surface area contributed by atoms with Gasteiger partial charge in [0.15, 0.2) is 6.61 Å². The predicted octanol–water partition coefficient (Wildman–Crippen LogP) is 1.42. The highest BCUT2D eigenvalue weighted by atomic mass is 16.5. The maximum Gasteiger partial charge on any atom is 0.338 e. The van der Waals surface area contributed by atoms with Gasteiger partial charge in [-0.3, -0.25) is 9.59 Å². The van der Waals surface area contributed by atoms with Crippen LogP contribution in [0.4, 0.5) is 5.69 Å². The third kappa shape index (κ3) is 4.58. The molecule has 0 fully saturated rings. The van der Waals surface area contributed by atoms with Crippen LogP contribution in [0.3, 0.4) is 0 Å². The number of esters is 1.